The summed E-state index contributed by atoms with van der Waals surface area (Å²) in [5, 5.41) is 3.08. The fourth-order valence-electron chi connectivity index (χ4n) is 2.01. The molecule has 0 aliphatic carbocycles. The number of hydrogen-bond donors (Lipinski definition) is 3. The summed E-state index contributed by atoms with van der Waals surface area (Å²) < 4.78 is 5.31. The number of nitrogens with one attached hydrogen (secondary N) is 2. The minimum atomic E-state index is -0.167. The molecule has 0 atom stereocenters. The average molecular weight is 249 g/mol. The van der Waals surface area contributed by atoms with Crippen molar-refractivity contribution in [1.29, 1.82) is 0 Å². The van der Waals surface area contributed by atoms with Gasteiger partial charge in [0.25, 0.3) is 5.91 Å². The van der Waals surface area contributed by atoms with Crippen LogP contribution in [0.2, 0.25) is 0 Å². The number of hydrazine groups is 1. The van der Waals surface area contributed by atoms with Crippen LogP contribution in [0.3, 0.4) is 0 Å². The molecule has 1 aromatic carbocycles. The molecule has 0 bridgehead atoms. The molecule has 4 N–H and O–H groups in total. The summed E-state index contributed by atoms with van der Waals surface area (Å²) in [6.07, 6.45) is 1.70. The van der Waals surface area contributed by atoms with Gasteiger partial charge >= 0.3 is 0 Å². The lowest BCUT2D eigenvalue weighted by atomic mass is 9.92. The highest BCUT2D eigenvalue weighted by Gasteiger charge is 2.29. The summed E-state index contributed by atoms with van der Waals surface area (Å²) in [4.78, 5) is 12.1. The van der Waals surface area contributed by atoms with E-state index in [9.17, 15) is 4.79 Å². The smallest absolute Gasteiger partial charge is 0.251 e. The second kappa shape index (κ2) is 5.37. The Morgan fingerprint density at radius 2 is 1.89 bits per heavy atom. The standard InChI is InChI=1S/C13H19N3O2/c1-13(6-8-18-9-7-13)15-12(17)10-2-4-11(16-14)5-3-10/h2-5,16H,6-9,14H2,1H3,(H,15,17). The van der Waals surface area contributed by atoms with Crippen molar-refractivity contribution in [3.05, 3.63) is 29.8 Å². The highest BCUT2D eigenvalue weighted by atomic mass is 16.5. The molecule has 1 aliphatic rings. The zero-order valence-corrected chi connectivity index (χ0v) is 10.5. The molecule has 1 aromatic rings. The highest BCUT2D eigenvalue weighted by Crippen LogP contribution is 2.20. The molecule has 1 heterocycles. The van der Waals surface area contributed by atoms with Gasteiger partial charge in [0.05, 0.1) is 0 Å². The number of benzene rings is 1. The Labute approximate surface area is 107 Å². The number of nitrogen functional groups attached to an aromatic ring is 1. The van der Waals surface area contributed by atoms with E-state index in [-0.39, 0.29) is 11.4 Å². The number of nitrogens with two attached hydrogens (primary N) is 1. The lowest BCUT2D eigenvalue weighted by Crippen LogP contribution is -2.49. The summed E-state index contributed by atoms with van der Waals surface area (Å²) >= 11 is 0. The molecule has 1 saturated heterocycles. The van der Waals surface area contributed by atoms with Gasteiger partial charge in [0, 0.05) is 30.0 Å². The summed E-state index contributed by atoms with van der Waals surface area (Å²) in [7, 11) is 0. The predicted octanol–water partition coefficient (Wildman–Crippen LogP) is 1.27. The lowest BCUT2D eigenvalue weighted by molar-refractivity contribution is 0.0423. The first-order chi connectivity index (χ1) is 8.63. The first kappa shape index (κ1) is 12.9. The van der Waals surface area contributed by atoms with Crippen molar-refractivity contribution in [3.63, 3.8) is 0 Å². The number of amides is 1. The van der Waals surface area contributed by atoms with Crippen LogP contribution < -0.4 is 16.6 Å². The third-order valence-electron chi connectivity index (χ3n) is 3.33. The van der Waals surface area contributed by atoms with Crippen LogP contribution in [-0.2, 0) is 4.74 Å². The Bertz CT molecular complexity index is 411. The van der Waals surface area contributed by atoms with E-state index in [1.807, 2.05) is 0 Å². The molecule has 1 amide bonds. The maximum Gasteiger partial charge on any atom is 0.251 e. The second-order valence-corrected chi connectivity index (χ2v) is 4.85. The molecule has 98 valence electrons. The van der Waals surface area contributed by atoms with Gasteiger partial charge in [0.15, 0.2) is 0 Å². The zero-order valence-electron chi connectivity index (χ0n) is 10.5. The Kier molecular flexibility index (Phi) is 3.84. The lowest BCUT2D eigenvalue weighted by Gasteiger charge is -2.34. The van der Waals surface area contributed by atoms with Crippen molar-refractivity contribution in [2.75, 3.05) is 18.6 Å². The van der Waals surface area contributed by atoms with Gasteiger partial charge in [0.2, 0.25) is 0 Å². The number of ether oxygens (including phenoxy) is 1. The SMILES string of the molecule is CC1(NC(=O)c2ccc(NN)cc2)CCOCC1. The summed E-state index contributed by atoms with van der Waals surface area (Å²) in [6.45, 7) is 3.46. The second-order valence-electron chi connectivity index (χ2n) is 4.85. The fraction of sp³-hybridized carbons (Fsp3) is 0.462. The molecule has 0 radical (unpaired) electrons. The Hall–Kier alpha value is -1.59. The van der Waals surface area contributed by atoms with Gasteiger partial charge < -0.3 is 15.5 Å². The van der Waals surface area contributed by atoms with Gasteiger partial charge in [-0.1, -0.05) is 0 Å². The zero-order chi connectivity index (χ0) is 13.0. The molecular formula is C13H19N3O2. The van der Waals surface area contributed by atoms with Crippen LogP contribution in [0.1, 0.15) is 30.1 Å². The van der Waals surface area contributed by atoms with E-state index in [0.717, 1.165) is 18.5 Å². The van der Waals surface area contributed by atoms with E-state index in [1.54, 1.807) is 24.3 Å². The monoisotopic (exact) mass is 249 g/mol. The molecule has 0 spiro atoms. The predicted molar refractivity (Wildman–Crippen MR) is 70.2 cm³/mol. The Morgan fingerprint density at radius 3 is 2.44 bits per heavy atom. The maximum absolute atomic E-state index is 12.1. The number of hydrogen-bond acceptors (Lipinski definition) is 4. The molecule has 2 rings (SSSR count). The molecule has 0 aromatic heterocycles. The minimum absolute atomic E-state index is 0.0528. The number of anilines is 1. The Morgan fingerprint density at radius 1 is 1.28 bits per heavy atom. The fourth-order valence-corrected chi connectivity index (χ4v) is 2.01. The first-order valence-corrected chi connectivity index (χ1v) is 6.10. The van der Waals surface area contributed by atoms with Crippen molar-refractivity contribution in [1.82, 2.24) is 5.32 Å². The summed E-state index contributed by atoms with van der Waals surface area (Å²) in [5.74, 6) is 5.23. The van der Waals surface area contributed by atoms with Crippen molar-refractivity contribution in [2.45, 2.75) is 25.3 Å². The first-order valence-electron chi connectivity index (χ1n) is 6.10. The number of carbonyl (C=O) groups is 1. The van der Waals surface area contributed by atoms with Crippen molar-refractivity contribution >= 4 is 11.6 Å². The molecule has 18 heavy (non-hydrogen) atoms. The maximum atomic E-state index is 12.1. The van der Waals surface area contributed by atoms with E-state index >= 15 is 0 Å². The molecule has 1 fully saturated rings. The quantitative estimate of drug-likeness (QED) is 0.557. The van der Waals surface area contributed by atoms with E-state index in [2.05, 4.69) is 17.7 Å². The van der Waals surface area contributed by atoms with Crippen molar-refractivity contribution in [3.8, 4) is 0 Å². The topological polar surface area (TPSA) is 76.4 Å². The van der Waals surface area contributed by atoms with Crippen LogP contribution >= 0.6 is 0 Å². The van der Waals surface area contributed by atoms with E-state index in [1.165, 1.54) is 0 Å². The van der Waals surface area contributed by atoms with Gasteiger partial charge in [-0.05, 0) is 44.0 Å². The Balaban J connectivity index is 2.02. The molecule has 0 saturated carbocycles. The summed E-state index contributed by atoms with van der Waals surface area (Å²) in [5.41, 5.74) is 3.79. The van der Waals surface area contributed by atoms with Crippen LogP contribution in [0.5, 0.6) is 0 Å². The average Bonchev–Trinajstić information content (AvgIpc) is 2.39. The molecule has 0 unspecified atom stereocenters. The van der Waals surface area contributed by atoms with Crippen LogP contribution in [0.15, 0.2) is 24.3 Å². The number of rotatable bonds is 3. The largest absolute Gasteiger partial charge is 0.381 e. The van der Waals surface area contributed by atoms with E-state index < -0.39 is 0 Å². The van der Waals surface area contributed by atoms with Crippen LogP contribution in [0.25, 0.3) is 0 Å². The van der Waals surface area contributed by atoms with Gasteiger partial charge in [-0.15, -0.1) is 0 Å². The van der Waals surface area contributed by atoms with E-state index in [0.29, 0.717) is 18.8 Å². The van der Waals surface area contributed by atoms with Crippen molar-refractivity contribution in [2.24, 2.45) is 5.84 Å². The molecule has 5 heteroatoms. The third kappa shape index (κ3) is 3.00. The molecule has 1 aliphatic heterocycles. The minimum Gasteiger partial charge on any atom is -0.381 e. The van der Waals surface area contributed by atoms with Crippen LogP contribution in [0, 0.1) is 0 Å². The van der Waals surface area contributed by atoms with Crippen molar-refractivity contribution < 1.29 is 9.53 Å². The van der Waals surface area contributed by atoms with Gasteiger partial charge in [-0.3, -0.25) is 10.6 Å². The van der Waals surface area contributed by atoms with Crippen LogP contribution in [0.4, 0.5) is 5.69 Å². The third-order valence-corrected chi connectivity index (χ3v) is 3.33. The highest BCUT2D eigenvalue weighted by molar-refractivity contribution is 5.95. The van der Waals surface area contributed by atoms with Gasteiger partial charge in [-0.2, -0.15) is 0 Å². The normalized spacial score (nSPS) is 18.1. The van der Waals surface area contributed by atoms with E-state index in [4.69, 9.17) is 10.6 Å². The van der Waals surface area contributed by atoms with Crippen LogP contribution in [-0.4, -0.2) is 24.7 Å². The number of carbonyl (C=O) groups excluding carboxylic acids is 1. The van der Waals surface area contributed by atoms with Gasteiger partial charge in [-0.25, -0.2) is 0 Å². The molecule has 5 nitrogen and oxygen atoms in total. The molecular weight excluding hydrogens is 230 g/mol. The van der Waals surface area contributed by atoms with Gasteiger partial charge in [0.1, 0.15) is 0 Å². The summed E-state index contributed by atoms with van der Waals surface area (Å²) in [6, 6.07) is 7.07.